The smallest absolute Gasteiger partial charge is 0.173 e. The number of rotatable bonds is 3. The van der Waals surface area contributed by atoms with Crippen LogP contribution in [0.3, 0.4) is 0 Å². The van der Waals surface area contributed by atoms with Gasteiger partial charge < -0.3 is 0 Å². The van der Waals surface area contributed by atoms with E-state index < -0.39 is 11.6 Å². The Morgan fingerprint density at radius 3 is 2.78 bits per heavy atom. The molecule has 1 atom stereocenters. The van der Waals surface area contributed by atoms with Crippen LogP contribution in [-0.2, 0) is 0 Å². The third-order valence-electron chi connectivity index (χ3n) is 2.90. The molecule has 0 aliphatic heterocycles. The van der Waals surface area contributed by atoms with Crippen LogP contribution in [0.4, 0.5) is 8.78 Å². The van der Waals surface area contributed by atoms with Crippen LogP contribution >= 0.6 is 27.3 Å². The Kier molecular flexibility index (Phi) is 4.12. The van der Waals surface area contributed by atoms with E-state index in [0.717, 1.165) is 18.2 Å². The van der Waals surface area contributed by atoms with Gasteiger partial charge in [-0.1, -0.05) is 13.8 Å². The molecule has 0 fully saturated rings. The SMILES string of the molecule is CCC(C)c1csc(-c2ccc(F)c(F)c2Br)n1. The van der Waals surface area contributed by atoms with Crippen molar-refractivity contribution in [3.05, 3.63) is 39.3 Å². The summed E-state index contributed by atoms with van der Waals surface area (Å²) in [4.78, 5) is 4.48. The maximum atomic E-state index is 13.5. The van der Waals surface area contributed by atoms with Gasteiger partial charge in [0.2, 0.25) is 0 Å². The van der Waals surface area contributed by atoms with E-state index in [1.165, 1.54) is 11.3 Å². The largest absolute Gasteiger partial charge is 0.241 e. The molecule has 0 spiro atoms. The van der Waals surface area contributed by atoms with Gasteiger partial charge in [-0.2, -0.15) is 0 Å². The van der Waals surface area contributed by atoms with Gasteiger partial charge in [0, 0.05) is 10.9 Å². The fourth-order valence-corrected chi connectivity index (χ4v) is 3.15. The Hall–Kier alpha value is -0.810. The summed E-state index contributed by atoms with van der Waals surface area (Å²) in [6, 6.07) is 2.67. The van der Waals surface area contributed by atoms with Crippen LogP contribution in [0.5, 0.6) is 0 Å². The zero-order valence-corrected chi connectivity index (χ0v) is 12.4. The Balaban J connectivity index is 2.43. The molecule has 0 aliphatic carbocycles. The average molecular weight is 332 g/mol. The first kappa shape index (κ1) is 13.6. The molecule has 2 rings (SSSR count). The van der Waals surface area contributed by atoms with Crippen LogP contribution in [0.25, 0.3) is 10.6 Å². The monoisotopic (exact) mass is 331 g/mol. The van der Waals surface area contributed by atoms with E-state index in [-0.39, 0.29) is 4.47 Å². The number of nitrogens with zero attached hydrogens (tertiary/aromatic N) is 1. The van der Waals surface area contributed by atoms with E-state index in [9.17, 15) is 8.78 Å². The molecule has 1 nitrogen and oxygen atoms in total. The quantitative estimate of drug-likeness (QED) is 0.689. The Morgan fingerprint density at radius 2 is 2.11 bits per heavy atom. The zero-order valence-electron chi connectivity index (χ0n) is 10.0. The molecule has 0 radical (unpaired) electrons. The molecule has 1 heterocycles. The van der Waals surface area contributed by atoms with Crippen molar-refractivity contribution in [2.75, 3.05) is 0 Å². The predicted octanol–water partition coefficient (Wildman–Crippen LogP) is 5.36. The number of benzene rings is 1. The van der Waals surface area contributed by atoms with Gasteiger partial charge in [-0.3, -0.25) is 0 Å². The van der Waals surface area contributed by atoms with Gasteiger partial charge in [0.1, 0.15) is 5.01 Å². The molecule has 0 saturated carbocycles. The minimum absolute atomic E-state index is 0.132. The van der Waals surface area contributed by atoms with Crippen molar-refractivity contribution in [3.8, 4) is 10.6 Å². The predicted molar refractivity (Wildman–Crippen MR) is 73.9 cm³/mol. The Morgan fingerprint density at radius 1 is 1.39 bits per heavy atom. The molecule has 1 aromatic heterocycles. The highest BCUT2D eigenvalue weighted by Crippen LogP contribution is 2.34. The van der Waals surface area contributed by atoms with Crippen molar-refractivity contribution < 1.29 is 8.78 Å². The van der Waals surface area contributed by atoms with Crippen LogP contribution in [0, 0.1) is 11.6 Å². The molecule has 0 amide bonds. The van der Waals surface area contributed by atoms with Gasteiger partial charge >= 0.3 is 0 Å². The van der Waals surface area contributed by atoms with Gasteiger partial charge in [-0.05, 0) is 40.4 Å². The minimum Gasteiger partial charge on any atom is -0.241 e. The van der Waals surface area contributed by atoms with Crippen LogP contribution in [0.2, 0.25) is 0 Å². The zero-order chi connectivity index (χ0) is 13.3. The Labute approximate surface area is 117 Å². The van der Waals surface area contributed by atoms with Crippen molar-refractivity contribution in [2.45, 2.75) is 26.2 Å². The van der Waals surface area contributed by atoms with E-state index in [1.54, 1.807) is 6.07 Å². The van der Waals surface area contributed by atoms with E-state index in [4.69, 9.17) is 0 Å². The molecule has 0 bridgehead atoms. The second-order valence-electron chi connectivity index (χ2n) is 4.11. The van der Waals surface area contributed by atoms with Crippen LogP contribution < -0.4 is 0 Å². The lowest BCUT2D eigenvalue weighted by Gasteiger charge is -2.04. The number of thiazole rings is 1. The van der Waals surface area contributed by atoms with Crippen molar-refractivity contribution in [3.63, 3.8) is 0 Å². The molecule has 96 valence electrons. The molecule has 0 aliphatic rings. The Bertz CT molecular complexity index is 568. The van der Waals surface area contributed by atoms with Crippen molar-refractivity contribution in [1.82, 2.24) is 4.98 Å². The van der Waals surface area contributed by atoms with Gasteiger partial charge in [0.25, 0.3) is 0 Å². The standard InChI is InChI=1S/C13H12BrF2NS/c1-3-7(2)10-6-18-13(17-10)8-4-5-9(15)12(16)11(8)14/h4-7H,3H2,1-2H3. The fraction of sp³-hybridized carbons (Fsp3) is 0.308. The first-order valence-electron chi connectivity index (χ1n) is 5.63. The highest BCUT2D eigenvalue weighted by atomic mass is 79.9. The van der Waals surface area contributed by atoms with Crippen molar-refractivity contribution in [1.29, 1.82) is 0 Å². The topological polar surface area (TPSA) is 12.9 Å². The second kappa shape index (κ2) is 5.45. The van der Waals surface area contributed by atoms with Crippen molar-refractivity contribution in [2.24, 2.45) is 0 Å². The van der Waals surface area contributed by atoms with Crippen LogP contribution in [0.15, 0.2) is 22.0 Å². The lowest BCUT2D eigenvalue weighted by atomic mass is 10.1. The summed E-state index contributed by atoms with van der Waals surface area (Å²) in [6.07, 6.45) is 1.00. The summed E-state index contributed by atoms with van der Waals surface area (Å²) >= 11 is 4.53. The lowest BCUT2D eigenvalue weighted by molar-refractivity contribution is 0.504. The van der Waals surface area contributed by atoms with Gasteiger partial charge in [0.05, 0.1) is 10.2 Å². The van der Waals surface area contributed by atoms with E-state index >= 15 is 0 Å². The normalized spacial score (nSPS) is 12.7. The molecule has 0 N–H and O–H groups in total. The number of aromatic nitrogens is 1. The molecule has 18 heavy (non-hydrogen) atoms. The maximum Gasteiger partial charge on any atom is 0.173 e. The summed E-state index contributed by atoms with van der Waals surface area (Å²) in [6.45, 7) is 4.19. The summed E-state index contributed by atoms with van der Waals surface area (Å²) < 4.78 is 26.6. The van der Waals surface area contributed by atoms with Crippen molar-refractivity contribution >= 4 is 27.3 Å². The molecular weight excluding hydrogens is 320 g/mol. The number of halogens is 3. The fourth-order valence-electron chi connectivity index (χ4n) is 1.54. The third-order valence-corrected chi connectivity index (χ3v) is 4.57. The van der Waals surface area contributed by atoms with E-state index in [2.05, 4.69) is 34.8 Å². The summed E-state index contributed by atoms with van der Waals surface area (Å²) in [7, 11) is 0. The first-order chi connectivity index (χ1) is 8.54. The van der Waals surface area contributed by atoms with E-state index in [1.807, 2.05) is 5.38 Å². The maximum absolute atomic E-state index is 13.5. The van der Waals surface area contributed by atoms with Crippen LogP contribution in [0.1, 0.15) is 31.9 Å². The van der Waals surface area contributed by atoms with Gasteiger partial charge in [-0.25, -0.2) is 13.8 Å². The summed E-state index contributed by atoms with van der Waals surface area (Å²) in [5.74, 6) is -1.35. The van der Waals surface area contributed by atoms with E-state index in [0.29, 0.717) is 16.5 Å². The molecule has 1 aromatic carbocycles. The molecule has 5 heteroatoms. The van der Waals surface area contributed by atoms with Crippen LogP contribution in [-0.4, -0.2) is 4.98 Å². The third kappa shape index (κ3) is 2.47. The highest BCUT2D eigenvalue weighted by molar-refractivity contribution is 9.10. The number of hydrogen-bond acceptors (Lipinski definition) is 2. The minimum atomic E-state index is -0.868. The molecule has 2 aromatic rings. The second-order valence-corrected chi connectivity index (χ2v) is 5.76. The first-order valence-corrected chi connectivity index (χ1v) is 7.31. The highest BCUT2D eigenvalue weighted by Gasteiger charge is 2.16. The van der Waals surface area contributed by atoms with Gasteiger partial charge in [-0.15, -0.1) is 11.3 Å². The number of hydrogen-bond donors (Lipinski definition) is 0. The molecular formula is C13H12BrF2NS. The lowest BCUT2D eigenvalue weighted by Crippen LogP contribution is -1.92. The molecule has 1 unspecified atom stereocenters. The van der Waals surface area contributed by atoms with Gasteiger partial charge in [0.15, 0.2) is 11.6 Å². The average Bonchev–Trinajstić information content (AvgIpc) is 2.84. The summed E-state index contributed by atoms with van der Waals surface area (Å²) in [5.41, 5.74) is 1.59. The molecule has 0 saturated heterocycles. The summed E-state index contributed by atoms with van der Waals surface area (Å²) in [5, 5.41) is 2.67.